The Hall–Kier alpha value is -0.870. The van der Waals surface area contributed by atoms with Crippen LogP contribution in [-0.4, -0.2) is 16.1 Å². The molecule has 0 atom stereocenters. The van der Waals surface area contributed by atoms with E-state index in [1.165, 1.54) is 31.2 Å². The van der Waals surface area contributed by atoms with Gasteiger partial charge in [-0.05, 0) is 31.0 Å². The van der Waals surface area contributed by atoms with E-state index in [0.29, 0.717) is 6.54 Å². The summed E-state index contributed by atoms with van der Waals surface area (Å²) in [5.41, 5.74) is 8.40. The number of aromatic nitrogens is 2. The van der Waals surface area contributed by atoms with Crippen LogP contribution in [0.3, 0.4) is 0 Å². The van der Waals surface area contributed by atoms with Crippen LogP contribution in [0.5, 0.6) is 0 Å². The summed E-state index contributed by atoms with van der Waals surface area (Å²) in [5, 5.41) is 0. The maximum Gasteiger partial charge on any atom is 0.117 e. The van der Waals surface area contributed by atoms with Crippen molar-refractivity contribution in [1.29, 1.82) is 0 Å². The topological polar surface area (TPSA) is 43.8 Å². The van der Waals surface area contributed by atoms with Crippen molar-refractivity contribution in [3.8, 4) is 0 Å². The molecule has 4 heteroatoms. The highest BCUT2D eigenvalue weighted by Gasteiger charge is 2.38. The van der Waals surface area contributed by atoms with Gasteiger partial charge in [-0.1, -0.05) is 28.8 Å². The van der Waals surface area contributed by atoms with Gasteiger partial charge in [-0.2, -0.15) is 0 Å². The van der Waals surface area contributed by atoms with Gasteiger partial charge in [-0.15, -0.1) is 0 Å². The van der Waals surface area contributed by atoms with Gasteiger partial charge >= 0.3 is 0 Å². The van der Waals surface area contributed by atoms with Gasteiger partial charge in [-0.25, -0.2) is 4.98 Å². The van der Waals surface area contributed by atoms with Crippen molar-refractivity contribution in [2.75, 3.05) is 6.54 Å². The summed E-state index contributed by atoms with van der Waals surface area (Å²) < 4.78 is 3.30. The van der Waals surface area contributed by atoms with Gasteiger partial charge < -0.3 is 10.3 Å². The summed E-state index contributed by atoms with van der Waals surface area (Å²) in [6, 6.07) is 6.27. The quantitative estimate of drug-likeness (QED) is 0.926. The number of benzene rings is 1. The third kappa shape index (κ3) is 1.70. The molecule has 3 rings (SSSR count). The fourth-order valence-corrected chi connectivity index (χ4v) is 3.57. The molecule has 0 radical (unpaired) electrons. The lowest BCUT2D eigenvalue weighted by atomic mass is 9.85. The second kappa shape index (κ2) is 4.35. The zero-order valence-corrected chi connectivity index (χ0v) is 12.2. The molecule has 96 valence electrons. The molecular weight excluding hydrogens is 290 g/mol. The van der Waals surface area contributed by atoms with Gasteiger partial charge in [0, 0.05) is 23.5 Å². The summed E-state index contributed by atoms with van der Waals surface area (Å²) in [5.74, 6) is 1.16. The first-order valence-corrected chi connectivity index (χ1v) is 7.28. The Bertz CT molecular complexity index is 582. The molecule has 0 amide bonds. The molecule has 1 heterocycles. The van der Waals surface area contributed by atoms with Crippen molar-refractivity contribution in [2.24, 2.45) is 12.8 Å². The Labute approximate surface area is 116 Å². The predicted molar refractivity (Wildman–Crippen MR) is 77.6 cm³/mol. The highest BCUT2D eigenvalue weighted by atomic mass is 79.9. The average molecular weight is 308 g/mol. The van der Waals surface area contributed by atoms with E-state index in [9.17, 15) is 0 Å². The zero-order chi connectivity index (χ0) is 12.8. The van der Waals surface area contributed by atoms with Crippen LogP contribution in [0.1, 0.15) is 31.5 Å². The summed E-state index contributed by atoms with van der Waals surface area (Å²) in [6.45, 7) is 0.700. The third-order valence-electron chi connectivity index (χ3n) is 4.27. The SMILES string of the molecule is Cn1c(C2(CN)CCCC2)nc2cc(Br)ccc21. The van der Waals surface area contributed by atoms with Crippen LogP contribution in [0, 0.1) is 0 Å². The number of nitrogens with zero attached hydrogens (tertiary/aromatic N) is 2. The minimum atomic E-state index is 0.0975. The van der Waals surface area contributed by atoms with Crippen LogP contribution >= 0.6 is 15.9 Å². The zero-order valence-electron chi connectivity index (χ0n) is 10.6. The minimum Gasteiger partial charge on any atom is -0.331 e. The van der Waals surface area contributed by atoms with Crippen LogP contribution in [0.4, 0.5) is 0 Å². The van der Waals surface area contributed by atoms with Gasteiger partial charge in [0.2, 0.25) is 0 Å². The molecule has 1 saturated carbocycles. The van der Waals surface area contributed by atoms with Gasteiger partial charge in [0.05, 0.1) is 11.0 Å². The molecule has 0 bridgehead atoms. The van der Waals surface area contributed by atoms with Crippen molar-refractivity contribution in [1.82, 2.24) is 9.55 Å². The van der Waals surface area contributed by atoms with Gasteiger partial charge in [0.25, 0.3) is 0 Å². The fraction of sp³-hybridized carbons (Fsp3) is 0.500. The lowest BCUT2D eigenvalue weighted by Gasteiger charge is -2.26. The summed E-state index contributed by atoms with van der Waals surface area (Å²) >= 11 is 3.51. The van der Waals surface area contributed by atoms with E-state index in [0.717, 1.165) is 15.8 Å². The Kier molecular flexibility index (Phi) is 2.94. The molecule has 2 N–H and O–H groups in total. The number of hydrogen-bond acceptors (Lipinski definition) is 2. The highest BCUT2D eigenvalue weighted by molar-refractivity contribution is 9.10. The number of imidazole rings is 1. The number of aryl methyl sites for hydroxylation is 1. The van der Waals surface area contributed by atoms with E-state index in [2.05, 4.69) is 45.7 Å². The molecule has 3 nitrogen and oxygen atoms in total. The molecule has 1 aliphatic carbocycles. The van der Waals surface area contributed by atoms with Crippen molar-refractivity contribution in [3.63, 3.8) is 0 Å². The lowest BCUT2D eigenvalue weighted by Crippen LogP contribution is -2.34. The lowest BCUT2D eigenvalue weighted by molar-refractivity contribution is 0.414. The molecule has 1 fully saturated rings. The van der Waals surface area contributed by atoms with E-state index in [1.54, 1.807) is 0 Å². The van der Waals surface area contributed by atoms with Crippen LogP contribution < -0.4 is 5.73 Å². The van der Waals surface area contributed by atoms with E-state index >= 15 is 0 Å². The Balaban J connectivity index is 2.20. The summed E-state index contributed by atoms with van der Waals surface area (Å²) in [7, 11) is 2.11. The van der Waals surface area contributed by atoms with E-state index in [1.807, 2.05) is 0 Å². The first kappa shape index (κ1) is 12.2. The van der Waals surface area contributed by atoms with Crippen molar-refractivity contribution in [3.05, 3.63) is 28.5 Å². The predicted octanol–water partition coefficient (Wildman–Crippen LogP) is 3.11. The monoisotopic (exact) mass is 307 g/mol. The largest absolute Gasteiger partial charge is 0.331 e. The number of halogens is 1. The standard InChI is InChI=1S/C14H18BrN3/c1-18-12-5-4-10(15)8-11(12)17-13(18)14(9-16)6-2-3-7-14/h4-5,8H,2-3,6-7,9,16H2,1H3. The first-order chi connectivity index (χ1) is 8.66. The smallest absolute Gasteiger partial charge is 0.117 e. The summed E-state index contributed by atoms with van der Waals surface area (Å²) in [4.78, 5) is 4.85. The maximum absolute atomic E-state index is 6.06. The van der Waals surface area contributed by atoms with Crippen molar-refractivity contribution >= 4 is 27.0 Å². The molecular formula is C14H18BrN3. The number of nitrogens with two attached hydrogens (primary N) is 1. The van der Waals surface area contributed by atoms with Gasteiger partial charge in [0.1, 0.15) is 5.82 Å². The van der Waals surface area contributed by atoms with E-state index in [-0.39, 0.29) is 5.41 Å². The molecule has 1 aromatic heterocycles. The third-order valence-corrected chi connectivity index (χ3v) is 4.76. The van der Waals surface area contributed by atoms with Crippen LogP contribution in [0.2, 0.25) is 0 Å². The molecule has 18 heavy (non-hydrogen) atoms. The first-order valence-electron chi connectivity index (χ1n) is 6.49. The van der Waals surface area contributed by atoms with Crippen molar-refractivity contribution < 1.29 is 0 Å². The minimum absolute atomic E-state index is 0.0975. The molecule has 0 unspecified atom stereocenters. The number of fused-ring (bicyclic) bond motifs is 1. The Morgan fingerprint density at radius 1 is 1.39 bits per heavy atom. The normalized spacial score (nSPS) is 18.6. The molecule has 0 aliphatic heterocycles. The number of rotatable bonds is 2. The molecule has 1 aromatic carbocycles. The second-order valence-corrected chi connectivity index (χ2v) is 6.23. The van der Waals surface area contributed by atoms with Crippen LogP contribution in [0.25, 0.3) is 11.0 Å². The average Bonchev–Trinajstić information content (AvgIpc) is 2.95. The van der Waals surface area contributed by atoms with Crippen LogP contribution in [0.15, 0.2) is 22.7 Å². The van der Waals surface area contributed by atoms with Gasteiger partial charge in [-0.3, -0.25) is 0 Å². The number of hydrogen-bond donors (Lipinski definition) is 1. The highest BCUT2D eigenvalue weighted by Crippen LogP contribution is 2.40. The second-order valence-electron chi connectivity index (χ2n) is 5.32. The summed E-state index contributed by atoms with van der Waals surface area (Å²) in [6.07, 6.45) is 4.87. The molecule has 0 saturated heterocycles. The molecule has 0 spiro atoms. The Morgan fingerprint density at radius 2 is 2.11 bits per heavy atom. The molecule has 2 aromatic rings. The molecule has 1 aliphatic rings. The maximum atomic E-state index is 6.06. The Morgan fingerprint density at radius 3 is 2.78 bits per heavy atom. The van der Waals surface area contributed by atoms with E-state index in [4.69, 9.17) is 10.7 Å². The van der Waals surface area contributed by atoms with Crippen LogP contribution in [-0.2, 0) is 12.5 Å². The fourth-order valence-electron chi connectivity index (χ4n) is 3.22. The van der Waals surface area contributed by atoms with E-state index < -0.39 is 0 Å². The van der Waals surface area contributed by atoms with Gasteiger partial charge in [0.15, 0.2) is 0 Å². The van der Waals surface area contributed by atoms with Crippen molar-refractivity contribution in [2.45, 2.75) is 31.1 Å².